The van der Waals surface area contributed by atoms with Gasteiger partial charge in [0, 0.05) is 22.9 Å². The summed E-state index contributed by atoms with van der Waals surface area (Å²) in [7, 11) is 0. The first-order valence-corrected chi connectivity index (χ1v) is 13.7. The molecule has 1 heterocycles. The maximum Gasteiger partial charge on any atom is 0.203 e. The molecule has 41 heavy (non-hydrogen) atoms. The van der Waals surface area contributed by atoms with E-state index in [0.717, 1.165) is 27.9 Å². The monoisotopic (exact) mass is 575 g/mol. The van der Waals surface area contributed by atoms with Gasteiger partial charge in [0.25, 0.3) is 0 Å². The fraction of sp³-hybridized carbons (Fsp3) is 0.353. The van der Waals surface area contributed by atoms with Crippen molar-refractivity contribution in [3.8, 4) is 5.75 Å². The van der Waals surface area contributed by atoms with E-state index in [9.17, 15) is 9.90 Å². The Hall–Kier alpha value is -3.61. The molecule has 0 spiro atoms. The van der Waals surface area contributed by atoms with Gasteiger partial charge in [0.15, 0.2) is 5.78 Å². The van der Waals surface area contributed by atoms with E-state index in [4.69, 9.17) is 10.1 Å². The highest BCUT2D eigenvalue weighted by molar-refractivity contribution is 5.96. The molecule has 3 aromatic carbocycles. The summed E-state index contributed by atoms with van der Waals surface area (Å²) < 4.78 is 9.62. The number of rotatable bonds is 9. The zero-order valence-corrected chi connectivity index (χ0v) is 25.7. The molecule has 4 aromatic rings. The first-order chi connectivity index (χ1) is 18.8. The number of phenols is 1. The lowest BCUT2D eigenvalue weighted by Crippen LogP contribution is -2.29. The highest BCUT2D eigenvalue weighted by Crippen LogP contribution is 2.40. The molecule has 4 rings (SSSR count). The second kappa shape index (κ2) is 12.9. The number of hydrogen-bond donors (Lipinski definition) is 2. The standard InChI is InChI=1S/C34H41N3O3.ClH/c1-33(2,3)28-17-26(18-29(31(28)39)34(4,5)6)30(38)21-37-27(23-40-22-25-15-11-8-12-16-25)20-36(32(37)35)19-24-13-9-7-10-14-24;/h7-18,20,35,39H,19,21-23H2,1-6H3;1H. The summed E-state index contributed by atoms with van der Waals surface area (Å²) in [5, 5.41) is 20.1. The maximum absolute atomic E-state index is 13.8. The lowest BCUT2D eigenvalue weighted by Gasteiger charge is -2.28. The normalized spacial score (nSPS) is 11.8. The van der Waals surface area contributed by atoms with E-state index < -0.39 is 0 Å². The largest absolute Gasteiger partial charge is 0.507 e. The molecule has 0 radical (unpaired) electrons. The molecular weight excluding hydrogens is 534 g/mol. The molecule has 0 bridgehead atoms. The Morgan fingerprint density at radius 2 is 1.34 bits per heavy atom. The number of hydrogen-bond acceptors (Lipinski definition) is 4. The Balaban J connectivity index is 0.00000462. The van der Waals surface area contributed by atoms with Gasteiger partial charge in [-0.3, -0.25) is 10.2 Å². The lowest BCUT2D eigenvalue weighted by atomic mass is 9.78. The van der Waals surface area contributed by atoms with Crippen LogP contribution in [0.3, 0.4) is 0 Å². The van der Waals surface area contributed by atoms with Crippen LogP contribution in [0.25, 0.3) is 0 Å². The molecule has 1 aromatic heterocycles. The minimum Gasteiger partial charge on any atom is -0.507 e. The Morgan fingerprint density at radius 1 is 0.829 bits per heavy atom. The molecule has 0 atom stereocenters. The fourth-order valence-corrected chi connectivity index (χ4v) is 4.82. The van der Waals surface area contributed by atoms with Crippen molar-refractivity contribution in [3.63, 3.8) is 0 Å². The maximum atomic E-state index is 13.8. The van der Waals surface area contributed by atoms with Crippen LogP contribution in [0.15, 0.2) is 79.0 Å². The number of Topliss-reactive ketones (excluding diaryl/α,β-unsaturated/α-hetero) is 1. The van der Waals surface area contributed by atoms with E-state index in [1.54, 1.807) is 4.57 Å². The molecule has 0 fully saturated rings. The minimum absolute atomic E-state index is 0. The van der Waals surface area contributed by atoms with Crippen molar-refractivity contribution in [1.82, 2.24) is 9.13 Å². The van der Waals surface area contributed by atoms with Crippen LogP contribution >= 0.6 is 12.4 Å². The number of aromatic hydroxyl groups is 1. The van der Waals surface area contributed by atoms with Crippen LogP contribution in [-0.2, 0) is 41.9 Å². The van der Waals surface area contributed by atoms with Crippen molar-refractivity contribution in [2.24, 2.45) is 0 Å². The van der Waals surface area contributed by atoms with Crippen molar-refractivity contribution in [2.45, 2.75) is 78.7 Å². The summed E-state index contributed by atoms with van der Waals surface area (Å²) in [4.78, 5) is 13.8. The van der Waals surface area contributed by atoms with E-state index in [-0.39, 0.29) is 53.5 Å². The van der Waals surface area contributed by atoms with Gasteiger partial charge in [0.1, 0.15) is 5.75 Å². The zero-order chi connectivity index (χ0) is 29.1. The Kier molecular flexibility index (Phi) is 10.1. The fourth-order valence-electron chi connectivity index (χ4n) is 4.82. The van der Waals surface area contributed by atoms with E-state index in [1.165, 1.54) is 0 Å². The van der Waals surface area contributed by atoms with Crippen LogP contribution in [0.1, 0.15) is 79.8 Å². The minimum atomic E-state index is -0.344. The Labute approximate surface area is 249 Å². The summed E-state index contributed by atoms with van der Waals surface area (Å²) >= 11 is 0. The smallest absolute Gasteiger partial charge is 0.203 e. The van der Waals surface area contributed by atoms with Crippen LogP contribution < -0.4 is 5.62 Å². The second-order valence-corrected chi connectivity index (χ2v) is 12.5. The number of halogens is 1. The third-order valence-corrected chi connectivity index (χ3v) is 7.09. The Bertz CT molecular complexity index is 1490. The number of nitrogens with one attached hydrogen (secondary N) is 1. The van der Waals surface area contributed by atoms with Crippen LogP contribution in [0.2, 0.25) is 0 Å². The summed E-state index contributed by atoms with van der Waals surface area (Å²) in [6, 6.07) is 23.6. The lowest BCUT2D eigenvalue weighted by molar-refractivity contribution is 0.0934. The van der Waals surface area contributed by atoms with Gasteiger partial charge in [-0.15, -0.1) is 12.4 Å². The van der Waals surface area contributed by atoms with Crippen LogP contribution in [0, 0.1) is 5.41 Å². The number of imidazole rings is 1. The van der Waals surface area contributed by atoms with Crippen LogP contribution in [-0.4, -0.2) is 20.0 Å². The van der Waals surface area contributed by atoms with E-state index >= 15 is 0 Å². The number of ether oxygens (including phenoxy) is 1. The van der Waals surface area contributed by atoms with E-state index in [2.05, 4.69) is 0 Å². The predicted molar refractivity (Wildman–Crippen MR) is 166 cm³/mol. The average Bonchev–Trinajstić information content (AvgIpc) is 3.17. The van der Waals surface area contributed by atoms with Crippen LogP contribution in [0.5, 0.6) is 5.75 Å². The second-order valence-electron chi connectivity index (χ2n) is 12.5. The predicted octanol–water partition coefficient (Wildman–Crippen LogP) is 7.14. The van der Waals surface area contributed by atoms with Crippen molar-refractivity contribution >= 4 is 18.2 Å². The number of ketones is 1. The highest BCUT2D eigenvalue weighted by atomic mass is 35.5. The zero-order valence-electron chi connectivity index (χ0n) is 24.9. The number of carbonyl (C=O) groups is 1. The van der Waals surface area contributed by atoms with Gasteiger partial charge in [-0.2, -0.15) is 0 Å². The third kappa shape index (κ3) is 7.78. The number of carbonyl (C=O) groups excluding carboxylic acids is 1. The summed E-state index contributed by atoms with van der Waals surface area (Å²) in [6.07, 6.45) is 1.91. The first-order valence-electron chi connectivity index (χ1n) is 13.7. The van der Waals surface area contributed by atoms with Crippen molar-refractivity contribution in [3.05, 3.63) is 118 Å². The molecular formula is C34H42ClN3O3. The molecule has 0 aliphatic rings. The van der Waals surface area contributed by atoms with Crippen molar-refractivity contribution in [1.29, 1.82) is 5.41 Å². The first kappa shape index (κ1) is 31.9. The molecule has 0 aliphatic carbocycles. The number of nitrogens with zero attached hydrogens (tertiary/aromatic N) is 2. The van der Waals surface area contributed by atoms with Crippen molar-refractivity contribution in [2.75, 3.05) is 0 Å². The van der Waals surface area contributed by atoms with Crippen molar-refractivity contribution < 1.29 is 14.6 Å². The molecule has 6 nitrogen and oxygen atoms in total. The summed E-state index contributed by atoms with van der Waals surface area (Å²) in [5.74, 6) is 0.130. The highest BCUT2D eigenvalue weighted by Gasteiger charge is 2.28. The van der Waals surface area contributed by atoms with E-state index in [1.807, 2.05) is 125 Å². The third-order valence-electron chi connectivity index (χ3n) is 7.09. The summed E-state index contributed by atoms with van der Waals surface area (Å²) in [5.41, 5.74) is 4.47. The molecule has 2 N–H and O–H groups in total. The van der Waals surface area contributed by atoms with Crippen LogP contribution in [0.4, 0.5) is 0 Å². The molecule has 0 saturated carbocycles. The molecule has 218 valence electrons. The summed E-state index contributed by atoms with van der Waals surface area (Å²) in [6.45, 7) is 13.4. The SMILES string of the molecule is CC(C)(C)c1cc(C(=O)Cn2c(COCc3ccccc3)cn(Cc3ccccc3)c2=N)cc(C(C)(C)C)c1O.Cl. The molecule has 0 aliphatic heterocycles. The van der Waals surface area contributed by atoms with Gasteiger partial charge in [-0.05, 0) is 34.1 Å². The number of aromatic nitrogens is 2. The molecule has 0 saturated heterocycles. The Morgan fingerprint density at radius 3 is 1.85 bits per heavy atom. The van der Waals surface area contributed by atoms with Gasteiger partial charge in [0.05, 0.1) is 32.0 Å². The molecule has 0 unspecified atom stereocenters. The molecule has 7 heteroatoms. The van der Waals surface area contributed by atoms with Gasteiger partial charge in [-0.25, -0.2) is 0 Å². The van der Waals surface area contributed by atoms with E-state index in [0.29, 0.717) is 18.7 Å². The topological polar surface area (TPSA) is 80.2 Å². The van der Waals surface area contributed by atoms with Gasteiger partial charge in [-0.1, -0.05) is 102 Å². The van der Waals surface area contributed by atoms with Gasteiger partial charge >= 0.3 is 0 Å². The van der Waals surface area contributed by atoms with Gasteiger partial charge < -0.3 is 19.0 Å². The number of phenolic OH excluding ortho intramolecular Hbond substituents is 1. The average molecular weight is 576 g/mol. The van der Waals surface area contributed by atoms with Gasteiger partial charge in [0.2, 0.25) is 5.62 Å². The quantitative estimate of drug-likeness (QED) is 0.208. The molecule has 0 amide bonds. The number of benzene rings is 3.